The van der Waals surface area contributed by atoms with Gasteiger partial charge >= 0.3 is 17.9 Å². The standard InChI is InChI=1S/C21H24O8S/c1-7(2)19(22)28-17-10-5-11-15(21(24)29-18(11)17)14(10)20(23)27-16-8-3-9-12(16)6-30(25,26)13(9)4-8/h8-18H,1,3-6H2,2H3. The Balaban J connectivity index is 1.24. The topological polar surface area (TPSA) is 113 Å². The summed E-state index contributed by atoms with van der Waals surface area (Å²) in [5, 5.41) is -0.276. The lowest BCUT2D eigenvalue weighted by atomic mass is 9.78. The number of carbonyl (C=O) groups excluding carboxylic acids is 3. The first-order valence-electron chi connectivity index (χ1n) is 10.7. The van der Waals surface area contributed by atoms with E-state index in [0.29, 0.717) is 12.8 Å². The van der Waals surface area contributed by atoms with Crippen LogP contribution < -0.4 is 0 Å². The Kier molecular flexibility index (Phi) is 3.68. The number of ether oxygens (including phenoxy) is 3. The first-order valence-corrected chi connectivity index (χ1v) is 12.4. The van der Waals surface area contributed by atoms with E-state index in [-0.39, 0.29) is 46.2 Å². The van der Waals surface area contributed by atoms with Crippen LogP contribution in [0.25, 0.3) is 0 Å². The van der Waals surface area contributed by atoms with Crippen LogP contribution in [0.3, 0.4) is 0 Å². The van der Waals surface area contributed by atoms with Crippen molar-refractivity contribution in [3.63, 3.8) is 0 Å². The highest BCUT2D eigenvalue weighted by atomic mass is 32.2. The Morgan fingerprint density at radius 3 is 2.53 bits per heavy atom. The van der Waals surface area contributed by atoms with E-state index in [9.17, 15) is 22.8 Å². The Morgan fingerprint density at radius 2 is 1.80 bits per heavy atom. The molecule has 6 fully saturated rings. The van der Waals surface area contributed by atoms with E-state index in [1.807, 2.05) is 0 Å². The zero-order chi connectivity index (χ0) is 21.1. The van der Waals surface area contributed by atoms with Gasteiger partial charge in [-0.05, 0) is 38.0 Å². The third-order valence-electron chi connectivity index (χ3n) is 8.57. The van der Waals surface area contributed by atoms with Crippen LogP contribution >= 0.6 is 0 Å². The number of sulfone groups is 1. The van der Waals surface area contributed by atoms with Gasteiger partial charge in [0.05, 0.1) is 22.8 Å². The molecule has 4 aliphatic carbocycles. The zero-order valence-electron chi connectivity index (χ0n) is 16.6. The molecule has 0 radical (unpaired) electrons. The van der Waals surface area contributed by atoms with Crippen molar-refractivity contribution in [2.45, 2.75) is 49.7 Å². The number of hydrogen-bond donors (Lipinski definition) is 0. The summed E-state index contributed by atoms with van der Waals surface area (Å²) in [6.45, 7) is 5.13. The van der Waals surface area contributed by atoms with Crippen LogP contribution in [0.15, 0.2) is 12.2 Å². The summed E-state index contributed by atoms with van der Waals surface area (Å²) in [5.74, 6) is -3.11. The number of carbonyl (C=O) groups is 3. The summed E-state index contributed by atoms with van der Waals surface area (Å²) < 4.78 is 41.7. The van der Waals surface area contributed by atoms with E-state index < -0.39 is 57.9 Å². The highest BCUT2D eigenvalue weighted by molar-refractivity contribution is 7.92. The lowest BCUT2D eigenvalue weighted by Crippen LogP contribution is -2.45. The van der Waals surface area contributed by atoms with E-state index in [0.717, 1.165) is 6.42 Å². The Hall–Kier alpha value is -1.90. The summed E-state index contributed by atoms with van der Waals surface area (Å²) in [4.78, 5) is 37.8. The van der Waals surface area contributed by atoms with E-state index in [4.69, 9.17) is 14.2 Å². The van der Waals surface area contributed by atoms with Gasteiger partial charge in [0.2, 0.25) is 0 Å². The maximum Gasteiger partial charge on any atom is 0.333 e. The fraction of sp³-hybridized carbons (Fsp3) is 0.762. The molecule has 11 unspecified atom stereocenters. The highest BCUT2D eigenvalue weighted by Crippen LogP contribution is 2.61. The minimum Gasteiger partial charge on any atom is -0.461 e. The molecule has 0 amide bonds. The number of rotatable bonds is 4. The summed E-state index contributed by atoms with van der Waals surface area (Å²) in [6.07, 6.45) is 0.338. The first-order chi connectivity index (χ1) is 14.2. The van der Waals surface area contributed by atoms with Gasteiger partial charge in [0.15, 0.2) is 9.84 Å². The van der Waals surface area contributed by atoms with E-state index in [1.54, 1.807) is 6.92 Å². The summed E-state index contributed by atoms with van der Waals surface area (Å²) in [5.41, 5.74) is 0.247. The van der Waals surface area contributed by atoms with Crippen molar-refractivity contribution < 1.29 is 37.0 Å². The van der Waals surface area contributed by atoms with Gasteiger partial charge in [0.25, 0.3) is 0 Å². The van der Waals surface area contributed by atoms with Gasteiger partial charge in [-0.25, -0.2) is 13.2 Å². The molecule has 162 valence electrons. The van der Waals surface area contributed by atoms with Crippen molar-refractivity contribution in [3.05, 3.63) is 12.2 Å². The van der Waals surface area contributed by atoms with Gasteiger partial charge in [-0.15, -0.1) is 0 Å². The van der Waals surface area contributed by atoms with E-state index in [1.165, 1.54) is 0 Å². The van der Waals surface area contributed by atoms with Gasteiger partial charge in [-0.1, -0.05) is 6.58 Å². The highest BCUT2D eigenvalue weighted by Gasteiger charge is 2.71. The molecule has 2 aliphatic heterocycles. The predicted molar refractivity (Wildman–Crippen MR) is 100 cm³/mol. The molecule has 30 heavy (non-hydrogen) atoms. The Bertz CT molecular complexity index is 985. The second kappa shape index (κ2) is 5.87. The molecule has 0 aromatic rings. The first kappa shape index (κ1) is 18.8. The SMILES string of the molecule is C=C(C)C(=O)OC1C2CC3C1OC(=O)C3C2C(=O)OC1C2CC3C1CS(=O)(=O)C3C2. The van der Waals surface area contributed by atoms with Crippen LogP contribution in [0.1, 0.15) is 26.2 Å². The molecule has 6 rings (SSSR count). The fourth-order valence-corrected chi connectivity index (χ4v) is 10.1. The average Bonchev–Trinajstić information content (AvgIpc) is 3.44. The monoisotopic (exact) mass is 436 g/mol. The molecular formula is C21H24O8S. The maximum absolute atomic E-state index is 13.3. The third-order valence-corrected chi connectivity index (χ3v) is 10.9. The van der Waals surface area contributed by atoms with E-state index in [2.05, 4.69) is 6.58 Å². The van der Waals surface area contributed by atoms with Crippen molar-refractivity contribution >= 4 is 27.7 Å². The van der Waals surface area contributed by atoms with Crippen LogP contribution in [-0.2, 0) is 38.4 Å². The van der Waals surface area contributed by atoms with Crippen molar-refractivity contribution in [3.8, 4) is 0 Å². The van der Waals surface area contributed by atoms with Gasteiger partial charge in [0, 0.05) is 23.3 Å². The molecule has 0 N–H and O–H groups in total. The molecule has 0 aromatic carbocycles. The Morgan fingerprint density at radius 1 is 1.03 bits per heavy atom. The molecule has 11 atom stereocenters. The molecule has 9 heteroatoms. The number of fused-ring (bicyclic) bond motifs is 2. The molecule has 0 aromatic heterocycles. The molecule has 2 heterocycles. The second-order valence-corrected chi connectivity index (χ2v) is 12.3. The van der Waals surface area contributed by atoms with Crippen LogP contribution in [0.2, 0.25) is 0 Å². The van der Waals surface area contributed by atoms with Gasteiger partial charge in [0.1, 0.15) is 18.3 Å². The lowest BCUT2D eigenvalue weighted by molar-refractivity contribution is -0.169. The predicted octanol–water partition coefficient (Wildman–Crippen LogP) is 0.647. The number of hydrogen-bond acceptors (Lipinski definition) is 8. The molecule has 4 saturated carbocycles. The number of esters is 3. The fourth-order valence-electron chi connectivity index (χ4n) is 7.50. The van der Waals surface area contributed by atoms with Gasteiger partial charge in [-0.3, -0.25) is 9.59 Å². The van der Waals surface area contributed by atoms with Crippen molar-refractivity contribution in [1.29, 1.82) is 0 Å². The minimum absolute atomic E-state index is 0.0742. The normalized spacial score (nSPS) is 50.6. The Labute approximate surface area is 174 Å². The largest absolute Gasteiger partial charge is 0.461 e. The van der Waals surface area contributed by atoms with Gasteiger partial charge < -0.3 is 14.2 Å². The van der Waals surface area contributed by atoms with Crippen LogP contribution in [0.4, 0.5) is 0 Å². The summed E-state index contributed by atoms with van der Waals surface area (Å²) in [7, 11) is -3.11. The lowest BCUT2D eigenvalue weighted by Gasteiger charge is -2.33. The second-order valence-electron chi connectivity index (χ2n) is 10.00. The molecule has 6 aliphatic rings. The average molecular weight is 436 g/mol. The summed E-state index contributed by atoms with van der Waals surface area (Å²) in [6, 6.07) is 0. The smallest absolute Gasteiger partial charge is 0.333 e. The maximum atomic E-state index is 13.3. The van der Waals surface area contributed by atoms with Crippen LogP contribution in [-0.4, -0.2) is 55.6 Å². The third kappa shape index (κ3) is 2.27. The van der Waals surface area contributed by atoms with Gasteiger partial charge in [-0.2, -0.15) is 0 Å². The quantitative estimate of drug-likeness (QED) is 0.359. The van der Waals surface area contributed by atoms with Crippen molar-refractivity contribution in [2.24, 2.45) is 41.4 Å². The molecule has 2 saturated heterocycles. The van der Waals surface area contributed by atoms with Crippen LogP contribution in [0, 0.1) is 41.4 Å². The zero-order valence-corrected chi connectivity index (χ0v) is 17.4. The summed E-state index contributed by atoms with van der Waals surface area (Å²) >= 11 is 0. The molecule has 4 bridgehead atoms. The molecule has 0 spiro atoms. The van der Waals surface area contributed by atoms with Crippen molar-refractivity contribution in [1.82, 2.24) is 0 Å². The minimum atomic E-state index is -3.11. The molecular weight excluding hydrogens is 412 g/mol. The van der Waals surface area contributed by atoms with E-state index >= 15 is 0 Å². The molecule has 8 nitrogen and oxygen atoms in total. The van der Waals surface area contributed by atoms with Crippen molar-refractivity contribution in [2.75, 3.05) is 5.75 Å². The van der Waals surface area contributed by atoms with Crippen LogP contribution in [0.5, 0.6) is 0 Å².